The van der Waals surface area contributed by atoms with Crippen molar-refractivity contribution in [2.75, 3.05) is 44.4 Å². The van der Waals surface area contributed by atoms with Gasteiger partial charge in [0, 0.05) is 37.1 Å². The van der Waals surface area contributed by atoms with Gasteiger partial charge in [-0.2, -0.15) is 5.10 Å². The quantitative estimate of drug-likeness (QED) is 0.460. The number of ether oxygens (including phenoxy) is 1. The molecule has 2 aliphatic heterocycles. The molecule has 1 amide bonds. The van der Waals surface area contributed by atoms with E-state index in [9.17, 15) is 18.3 Å². The van der Waals surface area contributed by atoms with E-state index in [1.54, 1.807) is 36.3 Å². The molecule has 3 heterocycles. The van der Waals surface area contributed by atoms with E-state index in [4.69, 9.17) is 4.74 Å². The van der Waals surface area contributed by atoms with Crippen molar-refractivity contribution in [1.29, 1.82) is 0 Å². The zero-order valence-electron chi connectivity index (χ0n) is 22.3. The molecule has 1 aliphatic carbocycles. The number of carbonyl (C=O) groups is 1. The molecule has 1 N–H and O–H groups in total. The number of anilines is 1. The third-order valence-corrected chi connectivity index (χ3v) is 9.48. The maximum Gasteiger partial charge on any atom is 0.277 e. The van der Waals surface area contributed by atoms with E-state index in [1.807, 2.05) is 12.1 Å². The van der Waals surface area contributed by atoms with Crippen molar-refractivity contribution in [2.45, 2.75) is 48.6 Å². The highest BCUT2D eigenvalue weighted by atomic mass is 32.2. The standard InChI is InChI=1S/C29H34N4O5S/c1-38-24-9-7-22(8-10-24)33-26-25(27(30-33)39(2,36)37)12-17-32(28(26)35)21-5-3-20(4-6-21)29(13-14-29)15-18-31-16-11-23(34)19-31/h3-10,23,34H,11-19H2,1-2H3. The smallest absolute Gasteiger partial charge is 0.277 e. The van der Waals surface area contributed by atoms with Crippen LogP contribution in [0.25, 0.3) is 5.69 Å². The molecule has 10 heteroatoms. The normalized spacial score (nSPS) is 20.7. The molecule has 1 aromatic heterocycles. The van der Waals surface area contributed by atoms with Crippen molar-refractivity contribution in [3.8, 4) is 11.4 Å². The Kier molecular flexibility index (Phi) is 6.52. The van der Waals surface area contributed by atoms with Crippen LogP contribution in [-0.2, 0) is 21.7 Å². The largest absolute Gasteiger partial charge is 0.497 e. The Morgan fingerprint density at radius 3 is 2.33 bits per heavy atom. The lowest BCUT2D eigenvalue weighted by atomic mass is 9.92. The van der Waals surface area contributed by atoms with Crippen molar-refractivity contribution in [3.05, 3.63) is 65.4 Å². The highest BCUT2D eigenvalue weighted by Crippen LogP contribution is 2.51. The van der Waals surface area contributed by atoms with E-state index < -0.39 is 9.84 Å². The number of carbonyl (C=O) groups excluding carboxylic acids is 1. The number of amides is 1. The third-order valence-electron chi connectivity index (χ3n) is 8.45. The fourth-order valence-corrected chi connectivity index (χ4v) is 6.88. The van der Waals surface area contributed by atoms with Gasteiger partial charge in [-0.3, -0.25) is 4.79 Å². The minimum atomic E-state index is -3.62. The predicted molar refractivity (Wildman–Crippen MR) is 148 cm³/mol. The zero-order valence-corrected chi connectivity index (χ0v) is 23.2. The summed E-state index contributed by atoms with van der Waals surface area (Å²) in [7, 11) is -2.05. The van der Waals surface area contributed by atoms with Gasteiger partial charge >= 0.3 is 0 Å². The number of methoxy groups -OCH3 is 1. The predicted octanol–water partition coefficient (Wildman–Crippen LogP) is 2.98. The Labute approximate surface area is 228 Å². The van der Waals surface area contributed by atoms with Gasteiger partial charge in [-0.25, -0.2) is 13.1 Å². The Balaban J connectivity index is 1.26. The van der Waals surface area contributed by atoms with Gasteiger partial charge in [-0.1, -0.05) is 12.1 Å². The molecule has 3 aromatic rings. The van der Waals surface area contributed by atoms with Crippen LogP contribution >= 0.6 is 0 Å². The van der Waals surface area contributed by atoms with Gasteiger partial charge < -0.3 is 19.6 Å². The first-order valence-electron chi connectivity index (χ1n) is 13.5. The van der Waals surface area contributed by atoms with Crippen LogP contribution in [0, 0.1) is 0 Å². The lowest BCUT2D eigenvalue weighted by molar-refractivity contribution is 0.0973. The van der Waals surface area contributed by atoms with Gasteiger partial charge in [-0.05, 0) is 86.0 Å². The van der Waals surface area contributed by atoms with Gasteiger partial charge in [0.25, 0.3) is 5.91 Å². The summed E-state index contributed by atoms with van der Waals surface area (Å²) >= 11 is 0. The molecular weight excluding hydrogens is 516 g/mol. The number of sulfone groups is 1. The number of β-amino-alcohol motifs (C(OH)–C–C–N with tert-alkyl or cyclic N) is 1. The molecule has 2 aromatic carbocycles. The molecular formula is C29H34N4O5S. The van der Waals surface area contributed by atoms with E-state index in [2.05, 4.69) is 22.1 Å². The van der Waals surface area contributed by atoms with Crippen LogP contribution in [0.1, 0.15) is 47.3 Å². The molecule has 2 fully saturated rings. The number of likely N-dealkylation sites (tertiary alicyclic amines) is 1. The zero-order chi connectivity index (χ0) is 27.4. The number of aliphatic hydroxyl groups excluding tert-OH is 1. The summed E-state index contributed by atoms with van der Waals surface area (Å²) in [6, 6.07) is 15.3. The molecule has 3 aliphatic rings. The average Bonchev–Trinajstić information content (AvgIpc) is 3.42. The molecule has 9 nitrogen and oxygen atoms in total. The second-order valence-corrected chi connectivity index (χ2v) is 13.0. The van der Waals surface area contributed by atoms with E-state index in [1.165, 1.54) is 10.2 Å². The number of aromatic nitrogens is 2. The maximum atomic E-state index is 13.9. The van der Waals surface area contributed by atoms with Gasteiger partial charge in [0.2, 0.25) is 0 Å². The molecule has 206 valence electrons. The minimum absolute atomic E-state index is 0.0436. The Morgan fingerprint density at radius 2 is 1.74 bits per heavy atom. The molecule has 0 radical (unpaired) electrons. The molecule has 6 rings (SSSR count). The number of aliphatic hydroxyl groups is 1. The van der Waals surface area contributed by atoms with Gasteiger partial charge in [0.15, 0.2) is 14.9 Å². The van der Waals surface area contributed by atoms with Crippen LogP contribution in [0.5, 0.6) is 5.75 Å². The monoisotopic (exact) mass is 550 g/mol. The first-order chi connectivity index (χ1) is 18.7. The van der Waals surface area contributed by atoms with Crippen LogP contribution in [0.3, 0.4) is 0 Å². The first-order valence-corrected chi connectivity index (χ1v) is 15.4. The second-order valence-electron chi connectivity index (χ2n) is 11.0. The number of fused-ring (bicyclic) bond motifs is 1. The first kappa shape index (κ1) is 26.0. The van der Waals surface area contributed by atoms with E-state index >= 15 is 0 Å². The topological polar surface area (TPSA) is 105 Å². The average molecular weight is 551 g/mol. The summed E-state index contributed by atoms with van der Waals surface area (Å²) < 4.78 is 31.8. The van der Waals surface area contributed by atoms with E-state index in [-0.39, 0.29) is 28.1 Å². The lowest BCUT2D eigenvalue weighted by Gasteiger charge is -2.28. The summed E-state index contributed by atoms with van der Waals surface area (Å²) in [4.78, 5) is 17.9. The fraction of sp³-hybridized carbons (Fsp3) is 0.448. The Morgan fingerprint density at radius 1 is 1.05 bits per heavy atom. The minimum Gasteiger partial charge on any atom is -0.497 e. The summed E-state index contributed by atoms with van der Waals surface area (Å²) in [5, 5.41) is 14.2. The number of nitrogens with zero attached hydrogens (tertiary/aromatic N) is 4. The third kappa shape index (κ3) is 4.85. The fourth-order valence-electron chi connectivity index (χ4n) is 6.00. The summed E-state index contributed by atoms with van der Waals surface area (Å²) in [6.07, 6.45) is 5.57. The highest BCUT2D eigenvalue weighted by molar-refractivity contribution is 7.90. The van der Waals surface area contributed by atoms with Crippen molar-refractivity contribution in [1.82, 2.24) is 14.7 Å². The van der Waals surface area contributed by atoms with Crippen molar-refractivity contribution >= 4 is 21.4 Å². The molecule has 0 spiro atoms. The van der Waals surface area contributed by atoms with Gasteiger partial charge in [0.1, 0.15) is 11.4 Å². The molecule has 1 unspecified atom stereocenters. The molecule has 0 bridgehead atoms. The van der Waals surface area contributed by atoms with Crippen LogP contribution < -0.4 is 9.64 Å². The van der Waals surface area contributed by atoms with Crippen LogP contribution in [0.15, 0.2) is 53.6 Å². The maximum absolute atomic E-state index is 13.9. The number of rotatable bonds is 8. The summed E-state index contributed by atoms with van der Waals surface area (Å²) in [5.74, 6) is 0.388. The second kappa shape index (κ2) is 9.76. The van der Waals surface area contributed by atoms with Gasteiger partial charge in [0.05, 0.1) is 18.9 Å². The molecule has 1 saturated heterocycles. The van der Waals surface area contributed by atoms with Crippen LogP contribution in [0.2, 0.25) is 0 Å². The Bertz CT molecular complexity index is 1490. The van der Waals surface area contributed by atoms with Crippen LogP contribution in [-0.4, -0.2) is 79.8 Å². The van der Waals surface area contributed by atoms with E-state index in [0.29, 0.717) is 30.0 Å². The number of benzene rings is 2. The van der Waals surface area contributed by atoms with Crippen LogP contribution in [0.4, 0.5) is 5.69 Å². The van der Waals surface area contributed by atoms with Crippen molar-refractivity contribution < 1.29 is 23.1 Å². The van der Waals surface area contributed by atoms with Gasteiger partial charge in [-0.15, -0.1) is 0 Å². The molecule has 39 heavy (non-hydrogen) atoms. The Hall–Kier alpha value is -3.21. The molecule has 1 saturated carbocycles. The molecule has 1 atom stereocenters. The van der Waals surface area contributed by atoms with E-state index in [0.717, 1.165) is 57.3 Å². The summed E-state index contributed by atoms with van der Waals surface area (Å²) in [5.41, 5.74) is 3.60. The number of hydrogen-bond donors (Lipinski definition) is 1. The SMILES string of the molecule is COc1ccc(-n2nc(S(C)(=O)=O)c3c2C(=O)N(c2ccc(C4(CCN5CCC(O)C5)CC4)cc2)CC3)cc1. The lowest BCUT2D eigenvalue weighted by Crippen LogP contribution is -2.39. The number of hydrogen-bond acceptors (Lipinski definition) is 7. The van der Waals surface area contributed by atoms with Crippen molar-refractivity contribution in [3.63, 3.8) is 0 Å². The summed E-state index contributed by atoms with van der Waals surface area (Å²) in [6.45, 7) is 3.10. The highest BCUT2D eigenvalue weighted by Gasteiger charge is 2.44. The van der Waals surface area contributed by atoms with Crippen molar-refractivity contribution in [2.24, 2.45) is 0 Å².